The fraction of sp³-hybridized carbons (Fsp3) is 1.00. The maximum absolute atomic E-state index is 5.73. The van der Waals surface area contributed by atoms with E-state index in [0.717, 1.165) is 45.8 Å². The van der Waals surface area contributed by atoms with Gasteiger partial charge in [0.1, 0.15) is 0 Å². The molecule has 0 bridgehead atoms. The summed E-state index contributed by atoms with van der Waals surface area (Å²) < 4.78 is 10.9. The summed E-state index contributed by atoms with van der Waals surface area (Å²) in [4.78, 5) is 2.50. The Morgan fingerprint density at radius 1 is 1.47 bits per heavy atom. The maximum Gasteiger partial charge on any atom is 0.0712 e. The first-order valence-corrected chi connectivity index (χ1v) is 6.83. The van der Waals surface area contributed by atoms with Gasteiger partial charge in [-0.25, -0.2) is 0 Å². The van der Waals surface area contributed by atoms with E-state index in [0.29, 0.717) is 12.1 Å². The molecule has 0 radical (unpaired) electrons. The van der Waals surface area contributed by atoms with E-state index in [4.69, 9.17) is 9.47 Å². The summed E-state index contributed by atoms with van der Waals surface area (Å²) in [5.41, 5.74) is 0. The monoisotopic (exact) mass is 244 g/mol. The van der Waals surface area contributed by atoms with Crippen molar-refractivity contribution < 1.29 is 9.47 Å². The number of morpholine rings is 1. The number of methoxy groups -OCH3 is 1. The van der Waals surface area contributed by atoms with Crippen LogP contribution in [0.15, 0.2) is 0 Å². The van der Waals surface area contributed by atoms with E-state index in [1.807, 2.05) is 0 Å². The fourth-order valence-electron chi connectivity index (χ4n) is 2.13. The second-order valence-electron chi connectivity index (χ2n) is 4.77. The topological polar surface area (TPSA) is 33.7 Å². The molecule has 0 spiro atoms. The van der Waals surface area contributed by atoms with E-state index < -0.39 is 0 Å². The average Bonchev–Trinajstić information content (AvgIpc) is 2.39. The van der Waals surface area contributed by atoms with Crippen LogP contribution in [-0.4, -0.2) is 63.5 Å². The predicted octanol–water partition coefficient (Wildman–Crippen LogP) is 1.11. The molecule has 1 saturated heterocycles. The van der Waals surface area contributed by atoms with Crippen molar-refractivity contribution in [3.8, 4) is 0 Å². The summed E-state index contributed by atoms with van der Waals surface area (Å²) in [7, 11) is 1.77. The van der Waals surface area contributed by atoms with Gasteiger partial charge in [0.25, 0.3) is 0 Å². The molecule has 1 rings (SSSR count). The van der Waals surface area contributed by atoms with Gasteiger partial charge in [-0.1, -0.05) is 6.92 Å². The van der Waals surface area contributed by atoms with Crippen LogP contribution >= 0.6 is 0 Å². The van der Waals surface area contributed by atoms with Crippen LogP contribution in [-0.2, 0) is 9.47 Å². The molecular weight excluding hydrogens is 216 g/mol. The molecule has 102 valence electrons. The van der Waals surface area contributed by atoms with Crippen LogP contribution in [0, 0.1) is 0 Å². The van der Waals surface area contributed by atoms with Crippen LogP contribution in [0.5, 0.6) is 0 Å². The highest BCUT2D eigenvalue weighted by atomic mass is 16.5. The molecule has 2 unspecified atom stereocenters. The number of hydrogen-bond donors (Lipinski definition) is 1. The molecule has 0 saturated carbocycles. The smallest absolute Gasteiger partial charge is 0.0712 e. The molecule has 1 aliphatic rings. The Labute approximate surface area is 106 Å². The molecule has 0 aromatic heterocycles. The quantitative estimate of drug-likeness (QED) is 0.693. The van der Waals surface area contributed by atoms with Gasteiger partial charge in [0, 0.05) is 39.3 Å². The predicted molar refractivity (Wildman–Crippen MR) is 70.4 cm³/mol. The third-order valence-electron chi connectivity index (χ3n) is 3.54. The van der Waals surface area contributed by atoms with Crippen molar-refractivity contribution >= 4 is 0 Å². The minimum atomic E-state index is 0.387. The highest BCUT2D eigenvalue weighted by Crippen LogP contribution is 2.08. The second kappa shape index (κ2) is 8.86. The van der Waals surface area contributed by atoms with Crippen molar-refractivity contribution in [2.45, 2.75) is 38.8 Å². The van der Waals surface area contributed by atoms with Gasteiger partial charge in [0.15, 0.2) is 0 Å². The molecule has 17 heavy (non-hydrogen) atoms. The Balaban J connectivity index is 2.26. The van der Waals surface area contributed by atoms with Gasteiger partial charge < -0.3 is 14.8 Å². The largest absolute Gasteiger partial charge is 0.383 e. The molecule has 0 amide bonds. The SMILES string of the molecule is CCC(C)N(CCOC)CCC1CNCCO1. The number of hydrogen-bond acceptors (Lipinski definition) is 4. The zero-order chi connectivity index (χ0) is 12.5. The Morgan fingerprint density at radius 2 is 2.29 bits per heavy atom. The molecule has 2 atom stereocenters. The van der Waals surface area contributed by atoms with Crippen molar-refractivity contribution in [1.29, 1.82) is 0 Å². The fourth-order valence-corrected chi connectivity index (χ4v) is 2.13. The van der Waals surface area contributed by atoms with E-state index >= 15 is 0 Å². The number of nitrogens with zero attached hydrogens (tertiary/aromatic N) is 1. The maximum atomic E-state index is 5.73. The third kappa shape index (κ3) is 5.82. The van der Waals surface area contributed by atoms with Crippen molar-refractivity contribution in [3.63, 3.8) is 0 Å². The Kier molecular flexibility index (Phi) is 7.77. The van der Waals surface area contributed by atoms with Crippen molar-refractivity contribution in [1.82, 2.24) is 10.2 Å². The molecule has 1 N–H and O–H groups in total. The van der Waals surface area contributed by atoms with E-state index in [-0.39, 0.29) is 0 Å². The Hall–Kier alpha value is -0.160. The van der Waals surface area contributed by atoms with Crippen molar-refractivity contribution in [2.24, 2.45) is 0 Å². The van der Waals surface area contributed by atoms with E-state index in [1.54, 1.807) is 7.11 Å². The molecular formula is C13H28N2O2. The van der Waals surface area contributed by atoms with Gasteiger partial charge >= 0.3 is 0 Å². The minimum absolute atomic E-state index is 0.387. The van der Waals surface area contributed by atoms with Gasteiger partial charge in [0.2, 0.25) is 0 Å². The molecule has 0 aromatic carbocycles. The highest BCUT2D eigenvalue weighted by Gasteiger charge is 2.17. The second-order valence-corrected chi connectivity index (χ2v) is 4.77. The zero-order valence-corrected chi connectivity index (χ0v) is 11.6. The van der Waals surface area contributed by atoms with Gasteiger partial charge in [-0.05, 0) is 19.8 Å². The lowest BCUT2D eigenvalue weighted by Crippen LogP contribution is -2.42. The van der Waals surface area contributed by atoms with E-state index in [1.165, 1.54) is 6.42 Å². The summed E-state index contributed by atoms with van der Waals surface area (Å²) in [5, 5.41) is 3.38. The Bertz CT molecular complexity index is 184. The van der Waals surface area contributed by atoms with E-state index in [9.17, 15) is 0 Å². The van der Waals surface area contributed by atoms with Gasteiger partial charge in [0.05, 0.1) is 19.3 Å². The van der Waals surface area contributed by atoms with Gasteiger partial charge in [-0.2, -0.15) is 0 Å². The van der Waals surface area contributed by atoms with Crippen molar-refractivity contribution in [2.75, 3.05) is 46.5 Å². The zero-order valence-electron chi connectivity index (χ0n) is 11.6. The highest BCUT2D eigenvalue weighted by molar-refractivity contribution is 4.72. The van der Waals surface area contributed by atoms with E-state index in [2.05, 4.69) is 24.1 Å². The average molecular weight is 244 g/mol. The summed E-state index contributed by atoms with van der Waals surface area (Å²) in [6.07, 6.45) is 2.69. The summed E-state index contributed by atoms with van der Waals surface area (Å²) in [6, 6.07) is 0.627. The summed E-state index contributed by atoms with van der Waals surface area (Å²) in [5.74, 6) is 0. The van der Waals surface area contributed by atoms with Crippen LogP contribution in [0.25, 0.3) is 0 Å². The lowest BCUT2D eigenvalue weighted by molar-refractivity contribution is 0.0126. The number of rotatable bonds is 8. The first kappa shape index (κ1) is 14.9. The standard InChI is InChI=1S/C13H28N2O2/c1-4-12(2)15(8-10-16-3)7-5-13-11-14-6-9-17-13/h12-14H,4-11H2,1-3H3. The number of ether oxygens (including phenoxy) is 2. The summed E-state index contributed by atoms with van der Waals surface area (Å²) in [6.45, 7) is 10.3. The first-order chi connectivity index (χ1) is 8.27. The molecule has 1 aliphatic heterocycles. The van der Waals surface area contributed by atoms with Crippen molar-refractivity contribution in [3.05, 3.63) is 0 Å². The van der Waals surface area contributed by atoms with Crippen LogP contribution < -0.4 is 5.32 Å². The third-order valence-corrected chi connectivity index (χ3v) is 3.54. The van der Waals surface area contributed by atoms with Crippen LogP contribution in [0.2, 0.25) is 0 Å². The molecule has 1 heterocycles. The van der Waals surface area contributed by atoms with Gasteiger partial charge in [-0.15, -0.1) is 0 Å². The van der Waals surface area contributed by atoms with Crippen LogP contribution in [0.3, 0.4) is 0 Å². The minimum Gasteiger partial charge on any atom is -0.383 e. The van der Waals surface area contributed by atoms with Crippen LogP contribution in [0.4, 0.5) is 0 Å². The molecule has 1 fully saturated rings. The molecule has 4 nitrogen and oxygen atoms in total. The molecule has 0 aromatic rings. The molecule has 0 aliphatic carbocycles. The summed E-state index contributed by atoms with van der Waals surface area (Å²) >= 11 is 0. The lowest BCUT2D eigenvalue weighted by atomic mass is 10.1. The number of nitrogens with one attached hydrogen (secondary N) is 1. The lowest BCUT2D eigenvalue weighted by Gasteiger charge is -2.31. The normalized spacial score (nSPS) is 22.9. The van der Waals surface area contributed by atoms with Gasteiger partial charge in [-0.3, -0.25) is 4.90 Å². The Morgan fingerprint density at radius 3 is 2.88 bits per heavy atom. The van der Waals surface area contributed by atoms with Crippen LogP contribution in [0.1, 0.15) is 26.7 Å². The molecule has 4 heteroatoms. The first-order valence-electron chi connectivity index (χ1n) is 6.83.